The van der Waals surface area contributed by atoms with Crippen LogP contribution in [0, 0.1) is 0 Å². The van der Waals surface area contributed by atoms with E-state index in [0.29, 0.717) is 0 Å². The molecule has 0 rings (SSSR count). The Morgan fingerprint density at radius 2 is 1.47 bits per heavy atom. The topological polar surface area (TPSA) is 202 Å². The Morgan fingerprint density at radius 1 is 1.00 bits per heavy atom. The first-order valence-electron chi connectivity index (χ1n) is 5.10. The number of ketones is 1. The number of hydrogen-bond acceptors (Lipinski definition) is 9. The van der Waals surface area contributed by atoms with Crippen molar-refractivity contribution < 1.29 is 45.3 Å². The number of carbonyl (C=O) groups is 2. The van der Waals surface area contributed by atoms with Gasteiger partial charge in [0.25, 0.3) is 0 Å². The monoisotopic (exact) mass is 285 g/mol. The van der Waals surface area contributed by atoms with Crippen LogP contribution in [0.5, 0.6) is 0 Å². The molecule has 0 aromatic rings. The van der Waals surface area contributed by atoms with Crippen LogP contribution in [0.15, 0.2) is 0 Å². The van der Waals surface area contributed by atoms with Crippen molar-refractivity contribution in [3.8, 4) is 0 Å². The van der Waals surface area contributed by atoms with Gasteiger partial charge in [-0.2, -0.15) is 0 Å². The highest BCUT2D eigenvalue weighted by molar-refractivity contribution is 5.84. The Kier molecular flexibility index (Phi) is 11.4. The molecule has 0 saturated heterocycles. The molecule has 0 aromatic carbocycles. The molecular weight excluding hydrogens is 266 g/mol. The van der Waals surface area contributed by atoms with Crippen molar-refractivity contribution in [1.82, 2.24) is 0 Å². The lowest BCUT2D eigenvalue weighted by molar-refractivity contribution is -0.142. The van der Waals surface area contributed by atoms with E-state index >= 15 is 0 Å². The second kappa shape index (κ2) is 10.8. The molecule has 0 fully saturated rings. The van der Waals surface area contributed by atoms with E-state index in [0.717, 1.165) is 0 Å². The fraction of sp³-hybridized carbons (Fsp3) is 0.778. The van der Waals surface area contributed by atoms with Gasteiger partial charge in [-0.05, 0) is 0 Å². The third-order valence-electron chi connectivity index (χ3n) is 1.90. The lowest BCUT2D eigenvalue weighted by Gasteiger charge is -2.19. The van der Waals surface area contributed by atoms with E-state index in [-0.39, 0.29) is 0 Å². The van der Waals surface area contributed by atoms with Gasteiger partial charge in [0, 0.05) is 0 Å². The van der Waals surface area contributed by atoms with E-state index < -0.39 is 55.9 Å². The molecular formula is C9H19NO9. The number of aliphatic carboxylic acids is 1. The van der Waals surface area contributed by atoms with Crippen LogP contribution >= 0.6 is 0 Å². The minimum Gasteiger partial charge on any atom is -0.480 e. The minimum absolute atomic E-state index is 0.505. The van der Waals surface area contributed by atoms with Crippen LogP contribution in [0.3, 0.4) is 0 Å². The molecule has 0 aliphatic carbocycles. The Hall–Kier alpha value is -1.14. The quantitative estimate of drug-likeness (QED) is 0.224. The van der Waals surface area contributed by atoms with Gasteiger partial charge in [0.2, 0.25) is 0 Å². The van der Waals surface area contributed by atoms with E-state index in [9.17, 15) is 9.59 Å². The van der Waals surface area contributed by atoms with Crippen molar-refractivity contribution in [3.63, 3.8) is 0 Å². The summed E-state index contributed by atoms with van der Waals surface area (Å²) < 4.78 is 0. The van der Waals surface area contributed by atoms with Crippen molar-refractivity contribution in [2.24, 2.45) is 5.73 Å². The SMILES string of the molecule is N[C@@H](CO)C(=O)O.O=C(CO)[C@@H](O)[C@H](O)[C@H](O)CO. The predicted octanol–water partition coefficient (Wildman–Crippen LogP) is -4.99. The Balaban J connectivity index is 0. The van der Waals surface area contributed by atoms with E-state index in [1.165, 1.54) is 0 Å². The molecule has 10 heteroatoms. The Labute approximate surface area is 108 Å². The number of nitrogens with two attached hydrogens (primary N) is 1. The summed E-state index contributed by atoms with van der Waals surface area (Å²) in [5.74, 6) is -2.18. The first-order chi connectivity index (χ1) is 8.72. The molecule has 19 heavy (non-hydrogen) atoms. The van der Waals surface area contributed by atoms with Gasteiger partial charge < -0.3 is 41.5 Å². The first kappa shape index (κ1) is 20.2. The van der Waals surface area contributed by atoms with E-state index in [4.69, 9.17) is 41.5 Å². The summed E-state index contributed by atoms with van der Waals surface area (Å²) in [4.78, 5) is 20.2. The smallest absolute Gasteiger partial charge is 0.322 e. The molecule has 0 radical (unpaired) electrons. The van der Waals surface area contributed by atoms with Crippen LogP contribution in [-0.2, 0) is 9.59 Å². The minimum atomic E-state index is -1.86. The number of rotatable bonds is 7. The van der Waals surface area contributed by atoms with Crippen LogP contribution in [0.25, 0.3) is 0 Å². The maximum absolute atomic E-state index is 10.5. The van der Waals surface area contributed by atoms with E-state index in [1.54, 1.807) is 0 Å². The summed E-state index contributed by atoms with van der Waals surface area (Å²) in [6.45, 7) is -2.19. The van der Waals surface area contributed by atoms with Crippen molar-refractivity contribution in [2.45, 2.75) is 24.4 Å². The molecule has 0 heterocycles. The van der Waals surface area contributed by atoms with Crippen molar-refractivity contribution >= 4 is 11.8 Å². The average molecular weight is 285 g/mol. The average Bonchev–Trinajstić information content (AvgIpc) is 2.43. The summed E-state index contributed by atoms with van der Waals surface area (Å²) in [6, 6.07) is -1.13. The number of carboxylic acids is 1. The van der Waals surface area contributed by atoms with Crippen molar-refractivity contribution in [2.75, 3.05) is 19.8 Å². The normalized spacial score (nSPS) is 16.6. The van der Waals surface area contributed by atoms with Gasteiger partial charge >= 0.3 is 5.97 Å². The third-order valence-corrected chi connectivity index (χ3v) is 1.90. The zero-order valence-corrected chi connectivity index (χ0v) is 9.96. The number of carbonyl (C=O) groups excluding carboxylic acids is 1. The third kappa shape index (κ3) is 8.56. The molecule has 0 bridgehead atoms. The van der Waals surface area contributed by atoms with Crippen LogP contribution in [0.4, 0.5) is 0 Å². The lowest BCUT2D eigenvalue weighted by Crippen LogP contribution is -2.44. The van der Waals surface area contributed by atoms with Crippen LogP contribution < -0.4 is 5.73 Å². The highest BCUT2D eigenvalue weighted by Crippen LogP contribution is 2.00. The maximum Gasteiger partial charge on any atom is 0.322 e. The lowest BCUT2D eigenvalue weighted by atomic mass is 10.1. The van der Waals surface area contributed by atoms with Crippen molar-refractivity contribution in [3.05, 3.63) is 0 Å². The van der Waals surface area contributed by atoms with Gasteiger partial charge in [-0.1, -0.05) is 0 Å². The first-order valence-corrected chi connectivity index (χ1v) is 5.10. The van der Waals surface area contributed by atoms with Gasteiger partial charge in [0.1, 0.15) is 31.0 Å². The molecule has 4 atom stereocenters. The van der Waals surface area contributed by atoms with E-state index in [2.05, 4.69) is 0 Å². The van der Waals surface area contributed by atoms with Gasteiger partial charge in [-0.15, -0.1) is 0 Å². The fourth-order valence-electron chi connectivity index (χ4n) is 0.681. The highest BCUT2D eigenvalue weighted by Gasteiger charge is 2.28. The van der Waals surface area contributed by atoms with Gasteiger partial charge in [-0.25, -0.2) is 0 Å². The summed E-state index contributed by atoms with van der Waals surface area (Å²) in [5, 5.41) is 59.0. The summed E-state index contributed by atoms with van der Waals surface area (Å²) in [6.07, 6.45) is -5.22. The molecule has 0 aliphatic heterocycles. The van der Waals surface area contributed by atoms with Gasteiger partial charge in [0.05, 0.1) is 13.2 Å². The Morgan fingerprint density at radius 3 is 1.68 bits per heavy atom. The molecule has 0 amide bonds. The molecule has 0 aliphatic rings. The van der Waals surface area contributed by atoms with Crippen molar-refractivity contribution in [1.29, 1.82) is 0 Å². The van der Waals surface area contributed by atoms with E-state index in [1.807, 2.05) is 0 Å². The van der Waals surface area contributed by atoms with Gasteiger partial charge in [0.15, 0.2) is 5.78 Å². The molecule has 10 nitrogen and oxygen atoms in total. The molecule has 0 aromatic heterocycles. The predicted molar refractivity (Wildman–Crippen MR) is 59.9 cm³/mol. The largest absolute Gasteiger partial charge is 0.480 e. The maximum atomic E-state index is 10.5. The van der Waals surface area contributed by atoms with Crippen LogP contribution in [0.1, 0.15) is 0 Å². The van der Waals surface area contributed by atoms with Gasteiger partial charge in [-0.3, -0.25) is 9.59 Å². The zero-order chi connectivity index (χ0) is 15.6. The summed E-state index contributed by atoms with van der Waals surface area (Å²) in [5.41, 5.74) is 4.77. The fourth-order valence-corrected chi connectivity index (χ4v) is 0.681. The summed E-state index contributed by atoms with van der Waals surface area (Å²) in [7, 11) is 0. The van der Waals surface area contributed by atoms with Crippen LogP contribution in [-0.4, -0.2) is 91.7 Å². The highest BCUT2D eigenvalue weighted by atomic mass is 16.4. The second-order valence-corrected chi connectivity index (χ2v) is 3.44. The zero-order valence-electron chi connectivity index (χ0n) is 9.96. The molecule has 0 spiro atoms. The molecule has 114 valence electrons. The number of hydrogen-bond donors (Lipinski definition) is 8. The number of carboxylic acid groups (broad SMARTS) is 1. The molecule has 0 unspecified atom stereocenters. The number of Topliss-reactive ketones (excluding diaryl/α,β-unsaturated/α-hetero) is 1. The Bertz CT molecular complexity index is 272. The molecule has 0 saturated carbocycles. The second-order valence-electron chi connectivity index (χ2n) is 3.44. The standard InChI is InChI=1S/C6H12O6.C3H7NO3/c7-1-3(9)5(11)6(12)4(10)2-8;4-2(1-5)3(6)7/h3,5-9,11-12H,1-2H2;2,5H,1,4H2,(H,6,7)/t3-,5-,6-;2-/m10/s1. The number of aliphatic hydroxyl groups excluding tert-OH is 6. The molecule has 9 N–H and O–H groups in total. The number of aliphatic hydroxyl groups is 6. The van der Waals surface area contributed by atoms with Crippen LogP contribution in [0.2, 0.25) is 0 Å². The summed E-state index contributed by atoms with van der Waals surface area (Å²) >= 11 is 0.